The zero-order valence-electron chi connectivity index (χ0n) is 15.2. The molecule has 0 amide bonds. The van der Waals surface area contributed by atoms with Gasteiger partial charge in [-0.2, -0.15) is 0 Å². The molecule has 1 aliphatic heterocycles. The molecule has 4 rings (SSSR count). The molecule has 0 atom stereocenters. The van der Waals surface area contributed by atoms with Crippen LogP contribution in [0.2, 0.25) is 5.02 Å². The van der Waals surface area contributed by atoms with Gasteiger partial charge in [0, 0.05) is 18.1 Å². The number of hydrogen-bond donors (Lipinski definition) is 1. The van der Waals surface area contributed by atoms with E-state index in [1.165, 1.54) is 11.1 Å². The predicted octanol–water partition coefficient (Wildman–Crippen LogP) is 5.36. The first-order chi connectivity index (χ1) is 13.3. The second kappa shape index (κ2) is 9.69. The summed E-state index contributed by atoms with van der Waals surface area (Å²) in [6.07, 6.45) is 0. The number of halogens is 2. The lowest BCUT2D eigenvalue weighted by molar-refractivity contribution is 0.174. The molecule has 1 aliphatic rings. The number of benzene rings is 3. The molecule has 0 spiro atoms. The molecule has 4 nitrogen and oxygen atoms in total. The van der Waals surface area contributed by atoms with Crippen molar-refractivity contribution in [3.05, 3.63) is 88.4 Å². The fourth-order valence-corrected chi connectivity index (χ4v) is 2.98. The van der Waals surface area contributed by atoms with Crippen LogP contribution >= 0.6 is 24.0 Å². The first-order valence-corrected chi connectivity index (χ1v) is 9.19. The fourth-order valence-electron chi connectivity index (χ4n) is 2.85. The van der Waals surface area contributed by atoms with Gasteiger partial charge >= 0.3 is 0 Å². The second-order valence-corrected chi connectivity index (χ2v) is 6.79. The lowest BCUT2D eigenvalue weighted by Crippen LogP contribution is -2.12. The summed E-state index contributed by atoms with van der Waals surface area (Å²) in [6.45, 7) is 2.38. The van der Waals surface area contributed by atoms with Crippen LogP contribution in [0, 0.1) is 0 Å². The van der Waals surface area contributed by atoms with E-state index in [4.69, 9.17) is 25.8 Å². The van der Waals surface area contributed by atoms with E-state index in [0.29, 0.717) is 13.4 Å². The zero-order chi connectivity index (χ0) is 18.5. The summed E-state index contributed by atoms with van der Waals surface area (Å²) >= 11 is 5.89. The molecule has 0 radical (unpaired) electrons. The predicted molar refractivity (Wildman–Crippen MR) is 113 cm³/mol. The highest BCUT2D eigenvalue weighted by molar-refractivity contribution is 6.30. The molecule has 0 fully saturated rings. The fraction of sp³-hybridized carbons (Fsp3) is 0.182. The first kappa shape index (κ1) is 20.3. The minimum absolute atomic E-state index is 0. The molecule has 28 heavy (non-hydrogen) atoms. The van der Waals surface area contributed by atoms with Gasteiger partial charge in [0.2, 0.25) is 6.79 Å². The summed E-state index contributed by atoms with van der Waals surface area (Å²) in [7, 11) is 0. The van der Waals surface area contributed by atoms with Crippen molar-refractivity contribution in [2.45, 2.75) is 19.7 Å². The van der Waals surface area contributed by atoms with Crippen LogP contribution in [0.5, 0.6) is 17.2 Å². The third-order valence-electron chi connectivity index (χ3n) is 4.34. The summed E-state index contributed by atoms with van der Waals surface area (Å²) < 4.78 is 16.6. The largest absolute Gasteiger partial charge is 0.489 e. The third kappa shape index (κ3) is 5.32. The Kier molecular flexibility index (Phi) is 7.04. The van der Waals surface area contributed by atoms with Gasteiger partial charge < -0.3 is 19.5 Å². The highest BCUT2D eigenvalue weighted by Crippen LogP contribution is 2.32. The smallest absolute Gasteiger partial charge is 0.231 e. The minimum Gasteiger partial charge on any atom is -0.489 e. The van der Waals surface area contributed by atoms with Crippen molar-refractivity contribution in [1.29, 1.82) is 0 Å². The van der Waals surface area contributed by atoms with Gasteiger partial charge in [-0.3, -0.25) is 0 Å². The highest BCUT2D eigenvalue weighted by Gasteiger charge is 2.12. The molecule has 3 aromatic rings. The number of hydrogen-bond acceptors (Lipinski definition) is 4. The molecule has 3 aromatic carbocycles. The number of fused-ring (bicyclic) bond motifs is 1. The van der Waals surface area contributed by atoms with Crippen molar-refractivity contribution >= 4 is 24.0 Å². The molecule has 146 valence electrons. The van der Waals surface area contributed by atoms with E-state index in [1.54, 1.807) is 0 Å². The van der Waals surface area contributed by atoms with E-state index in [9.17, 15) is 0 Å². The third-order valence-corrected chi connectivity index (χ3v) is 4.59. The molecule has 1 heterocycles. The molecule has 0 saturated carbocycles. The number of rotatable bonds is 7. The first-order valence-electron chi connectivity index (χ1n) is 8.82. The Morgan fingerprint density at radius 2 is 1.43 bits per heavy atom. The van der Waals surface area contributed by atoms with Crippen molar-refractivity contribution in [3.8, 4) is 17.2 Å². The molecule has 0 bridgehead atoms. The number of nitrogens with one attached hydrogen (secondary N) is 1. The van der Waals surface area contributed by atoms with E-state index in [-0.39, 0.29) is 12.4 Å². The standard InChI is InChI=1S/C22H20ClNO3.ClH/c23-19-6-1-17(2-7-19)14-25-20-8-3-16(4-9-20)12-24-13-18-5-10-21-22(11-18)27-15-26-21;/h1-11,24H,12-15H2;1H. The lowest BCUT2D eigenvalue weighted by Gasteiger charge is -2.09. The van der Waals surface area contributed by atoms with Crippen molar-refractivity contribution in [2.24, 2.45) is 0 Å². The Balaban J connectivity index is 0.00000225. The van der Waals surface area contributed by atoms with E-state index in [2.05, 4.69) is 17.4 Å². The van der Waals surface area contributed by atoms with Crippen molar-refractivity contribution in [2.75, 3.05) is 6.79 Å². The lowest BCUT2D eigenvalue weighted by atomic mass is 10.2. The molecular weight excluding hydrogens is 397 g/mol. The Morgan fingerprint density at radius 1 is 0.786 bits per heavy atom. The van der Waals surface area contributed by atoms with Crippen LogP contribution < -0.4 is 19.5 Å². The van der Waals surface area contributed by atoms with Crippen LogP contribution in [0.3, 0.4) is 0 Å². The maximum atomic E-state index is 5.89. The van der Waals surface area contributed by atoms with Crippen LogP contribution in [0.25, 0.3) is 0 Å². The van der Waals surface area contributed by atoms with Gasteiger partial charge in [0.1, 0.15) is 12.4 Å². The van der Waals surface area contributed by atoms with Gasteiger partial charge in [-0.05, 0) is 53.1 Å². The summed E-state index contributed by atoms with van der Waals surface area (Å²) in [4.78, 5) is 0. The summed E-state index contributed by atoms with van der Waals surface area (Å²) in [5.41, 5.74) is 3.46. The van der Waals surface area contributed by atoms with Crippen molar-refractivity contribution < 1.29 is 14.2 Å². The maximum absolute atomic E-state index is 5.89. The Bertz CT molecular complexity index is 899. The maximum Gasteiger partial charge on any atom is 0.231 e. The zero-order valence-corrected chi connectivity index (χ0v) is 16.8. The summed E-state index contributed by atoms with van der Waals surface area (Å²) in [5, 5.41) is 4.17. The Hall–Kier alpha value is -2.40. The monoisotopic (exact) mass is 417 g/mol. The molecule has 0 unspecified atom stereocenters. The van der Waals surface area contributed by atoms with Gasteiger partial charge in [0.05, 0.1) is 0 Å². The number of ether oxygens (including phenoxy) is 3. The summed E-state index contributed by atoms with van der Waals surface area (Å²) in [6, 6.07) is 21.8. The summed E-state index contributed by atoms with van der Waals surface area (Å²) in [5.74, 6) is 2.48. The van der Waals surface area contributed by atoms with Gasteiger partial charge in [-0.1, -0.05) is 41.9 Å². The Morgan fingerprint density at radius 3 is 2.21 bits per heavy atom. The van der Waals surface area contributed by atoms with Crippen LogP contribution in [0.15, 0.2) is 66.7 Å². The topological polar surface area (TPSA) is 39.7 Å². The minimum atomic E-state index is 0. The van der Waals surface area contributed by atoms with Crippen LogP contribution in [0.4, 0.5) is 0 Å². The van der Waals surface area contributed by atoms with E-state index >= 15 is 0 Å². The molecular formula is C22H21Cl2NO3. The van der Waals surface area contributed by atoms with Gasteiger partial charge in [0.25, 0.3) is 0 Å². The van der Waals surface area contributed by atoms with Gasteiger partial charge in [-0.25, -0.2) is 0 Å². The van der Waals surface area contributed by atoms with Crippen LogP contribution in [-0.2, 0) is 19.7 Å². The second-order valence-electron chi connectivity index (χ2n) is 6.35. The van der Waals surface area contributed by atoms with Gasteiger partial charge in [0.15, 0.2) is 11.5 Å². The Labute approximate surface area is 175 Å². The van der Waals surface area contributed by atoms with Crippen LogP contribution in [-0.4, -0.2) is 6.79 Å². The van der Waals surface area contributed by atoms with E-state index in [1.807, 2.05) is 54.6 Å². The normalized spacial score (nSPS) is 11.8. The molecule has 6 heteroatoms. The van der Waals surface area contributed by atoms with Gasteiger partial charge in [-0.15, -0.1) is 12.4 Å². The molecule has 0 saturated heterocycles. The SMILES string of the molecule is Cl.Clc1ccc(COc2ccc(CNCc3ccc4c(c3)OCO4)cc2)cc1. The average molecular weight is 418 g/mol. The molecule has 1 N–H and O–H groups in total. The van der Waals surface area contributed by atoms with Crippen LogP contribution in [0.1, 0.15) is 16.7 Å². The van der Waals surface area contributed by atoms with Crippen molar-refractivity contribution in [1.82, 2.24) is 5.32 Å². The van der Waals surface area contributed by atoms with Crippen molar-refractivity contribution in [3.63, 3.8) is 0 Å². The quantitative estimate of drug-likeness (QED) is 0.561. The van der Waals surface area contributed by atoms with E-state index in [0.717, 1.165) is 40.9 Å². The van der Waals surface area contributed by atoms with E-state index < -0.39 is 0 Å². The average Bonchev–Trinajstić information content (AvgIpc) is 3.16. The molecule has 0 aromatic heterocycles. The highest BCUT2D eigenvalue weighted by atomic mass is 35.5. The molecule has 0 aliphatic carbocycles.